The number of hydrogen-bond donors (Lipinski definition) is 0. The van der Waals surface area contributed by atoms with Crippen molar-refractivity contribution in [1.29, 1.82) is 0 Å². The van der Waals surface area contributed by atoms with Gasteiger partial charge in [-0.1, -0.05) is 30.3 Å². The van der Waals surface area contributed by atoms with Crippen molar-refractivity contribution < 1.29 is 4.79 Å². The summed E-state index contributed by atoms with van der Waals surface area (Å²) in [6, 6.07) is 11.9. The Morgan fingerprint density at radius 2 is 1.89 bits per heavy atom. The zero-order valence-electron chi connectivity index (χ0n) is 11.8. The van der Waals surface area contributed by atoms with Gasteiger partial charge in [0.25, 0.3) is 0 Å². The van der Waals surface area contributed by atoms with Gasteiger partial charge in [0, 0.05) is 30.8 Å². The second-order valence-electron chi connectivity index (χ2n) is 5.36. The third kappa shape index (κ3) is 2.92. The molecule has 100 valence electrons. The Hall–Kier alpha value is -1.90. The molecule has 0 saturated carbocycles. The van der Waals surface area contributed by atoms with Crippen LogP contribution in [0.5, 0.6) is 0 Å². The highest BCUT2D eigenvalue weighted by atomic mass is 16.1. The van der Waals surface area contributed by atoms with E-state index < -0.39 is 5.41 Å². The van der Waals surface area contributed by atoms with Crippen molar-refractivity contribution in [3.63, 3.8) is 0 Å². The van der Waals surface area contributed by atoms with Gasteiger partial charge in [-0.3, -0.25) is 9.48 Å². The highest BCUT2D eigenvalue weighted by Gasteiger charge is 2.28. The number of aromatic nitrogens is 2. The van der Waals surface area contributed by atoms with E-state index in [9.17, 15) is 4.79 Å². The molecule has 0 fully saturated rings. The Bertz CT molecular complexity index is 555. The first kappa shape index (κ1) is 13.5. The van der Waals surface area contributed by atoms with Gasteiger partial charge >= 0.3 is 0 Å². The van der Waals surface area contributed by atoms with E-state index in [-0.39, 0.29) is 5.78 Å². The van der Waals surface area contributed by atoms with E-state index >= 15 is 0 Å². The lowest BCUT2D eigenvalue weighted by atomic mass is 9.79. The highest BCUT2D eigenvalue weighted by molar-refractivity contribution is 5.89. The number of hydrogen-bond acceptors (Lipinski definition) is 2. The monoisotopic (exact) mass is 256 g/mol. The zero-order valence-corrected chi connectivity index (χ0v) is 11.8. The molecule has 0 saturated heterocycles. The minimum Gasteiger partial charge on any atom is -0.299 e. The molecule has 2 aromatic rings. The summed E-state index contributed by atoms with van der Waals surface area (Å²) in [5.74, 6) is 0.264. The fourth-order valence-electron chi connectivity index (χ4n) is 2.22. The van der Waals surface area contributed by atoms with Gasteiger partial charge in [0.2, 0.25) is 0 Å². The van der Waals surface area contributed by atoms with E-state index in [1.54, 1.807) is 6.20 Å². The van der Waals surface area contributed by atoms with E-state index in [0.717, 1.165) is 17.7 Å². The van der Waals surface area contributed by atoms with Crippen LogP contribution in [0.3, 0.4) is 0 Å². The summed E-state index contributed by atoms with van der Waals surface area (Å²) >= 11 is 0. The molecule has 3 heteroatoms. The summed E-state index contributed by atoms with van der Waals surface area (Å²) in [5.41, 5.74) is 1.74. The molecular formula is C16H20N2O. The summed E-state index contributed by atoms with van der Waals surface area (Å²) in [6.07, 6.45) is 3.05. The highest BCUT2D eigenvalue weighted by Crippen LogP contribution is 2.25. The number of nitrogens with zero attached hydrogens (tertiary/aromatic N) is 2. The fourth-order valence-corrected chi connectivity index (χ4v) is 2.22. The molecule has 0 radical (unpaired) electrons. The van der Waals surface area contributed by atoms with E-state index in [1.165, 1.54) is 0 Å². The van der Waals surface area contributed by atoms with Gasteiger partial charge in [-0.15, -0.1) is 0 Å². The van der Waals surface area contributed by atoms with Gasteiger partial charge in [-0.2, -0.15) is 5.10 Å². The second-order valence-corrected chi connectivity index (χ2v) is 5.36. The molecule has 0 amide bonds. The Labute approximate surface area is 114 Å². The van der Waals surface area contributed by atoms with Crippen LogP contribution in [0.2, 0.25) is 0 Å². The first-order valence-corrected chi connectivity index (χ1v) is 6.57. The van der Waals surface area contributed by atoms with Crippen molar-refractivity contribution in [2.24, 2.45) is 7.05 Å². The number of ketones is 1. The summed E-state index contributed by atoms with van der Waals surface area (Å²) < 4.78 is 1.82. The van der Waals surface area contributed by atoms with Crippen LogP contribution in [0.25, 0.3) is 0 Å². The number of benzene rings is 1. The molecule has 0 aliphatic rings. The number of carbonyl (C=O) groups excluding carboxylic acids is 1. The predicted molar refractivity (Wildman–Crippen MR) is 76.0 cm³/mol. The van der Waals surface area contributed by atoms with Gasteiger partial charge in [-0.25, -0.2) is 0 Å². The van der Waals surface area contributed by atoms with Crippen LogP contribution in [-0.4, -0.2) is 15.6 Å². The van der Waals surface area contributed by atoms with Crippen molar-refractivity contribution in [1.82, 2.24) is 9.78 Å². The maximum Gasteiger partial charge on any atom is 0.143 e. The van der Waals surface area contributed by atoms with Crippen LogP contribution < -0.4 is 0 Å². The lowest BCUT2D eigenvalue weighted by molar-refractivity contribution is -0.123. The van der Waals surface area contributed by atoms with Crippen LogP contribution in [0.1, 0.15) is 31.5 Å². The van der Waals surface area contributed by atoms with Crippen molar-refractivity contribution in [2.45, 2.75) is 32.1 Å². The Balaban J connectivity index is 2.05. The first-order chi connectivity index (χ1) is 9.01. The van der Waals surface area contributed by atoms with Gasteiger partial charge in [0.15, 0.2) is 0 Å². The van der Waals surface area contributed by atoms with E-state index in [4.69, 9.17) is 0 Å². The average molecular weight is 256 g/mol. The minimum atomic E-state index is -0.431. The summed E-state index contributed by atoms with van der Waals surface area (Å²) in [4.78, 5) is 12.4. The zero-order chi connectivity index (χ0) is 13.9. The van der Waals surface area contributed by atoms with Crippen LogP contribution >= 0.6 is 0 Å². The summed E-state index contributed by atoms with van der Waals surface area (Å²) in [7, 11) is 1.90. The van der Waals surface area contributed by atoms with Crippen molar-refractivity contribution in [3.8, 4) is 0 Å². The standard InChI is InChI=1S/C16H20N2O/c1-16(2,13-7-5-4-6-8-13)15(19)10-9-14-11-12-17-18(14)3/h4-8,11-12H,9-10H2,1-3H3. The molecule has 0 aliphatic carbocycles. The Morgan fingerprint density at radius 1 is 1.21 bits per heavy atom. The third-order valence-electron chi connectivity index (χ3n) is 3.72. The van der Waals surface area contributed by atoms with E-state index in [2.05, 4.69) is 5.10 Å². The third-order valence-corrected chi connectivity index (χ3v) is 3.72. The lowest BCUT2D eigenvalue weighted by Crippen LogP contribution is -2.29. The molecular weight excluding hydrogens is 236 g/mol. The van der Waals surface area contributed by atoms with Crippen molar-refractivity contribution in [3.05, 3.63) is 53.9 Å². The molecule has 0 N–H and O–H groups in total. The largest absolute Gasteiger partial charge is 0.299 e. The quantitative estimate of drug-likeness (QED) is 0.824. The maximum absolute atomic E-state index is 12.4. The topological polar surface area (TPSA) is 34.9 Å². The molecule has 19 heavy (non-hydrogen) atoms. The van der Waals surface area contributed by atoms with Gasteiger partial charge in [-0.05, 0) is 31.9 Å². The fraction of sp³-hybridized carbons (Fsp3) is 0.375. The predicted octanol–water partition coefficient (Wildman–Crippen LogP) is 2.90. The molecule has 1 aromatic carbocycles. The number of rotatable bonds is 5. The maximum atomic E-state index is 12.4. The normalized spacial score (nSPS) is 11.5. The summed E-state index contributed by atoms with van der Waals surface area (Å²) in [5, 5.41) is 4.12. The smallest absolute Gasteiger partial charge is 0.143 e. The van der Waals surface area contributed by atoms with Crippen LogP contribution in [0, 0.1) is 0 Å². The van der Waals surface area contributed by atoms with Gasteiger partial charge in [0.1, 0.15) is 5.78 Å². The van der Waals surface area contributed by atoms with Crippen LogP contribution in [0.15, 0.2) is 42.6 Å². The molecule has 3 nitrogen and oxygen atoms in total. The van der Waals surface area contributed by atoms with Crippen LogP contribution in [-0.2, 0) is 23.7 Å². The molecule has 0 spiro atoms. The van der Waals surface area contributed by atoms with Crippen molar-refractivity contribution in [2.75, 3.05) is 0 Å². The van der Waals surface area contributed by atoms with Crippen molar-refractivity contribution >= 4 is 5.78 Å². The lowest BCUT2D eigenvalue weighted by Gasteiger charge is -2.23. The number of carbonyl (C=O) groups is 1. The average Bonchev–Trinajstić information content (AvgIpc) is 2.82. The number of aryl methyl sites for hydroxylation is 2. The first-order valence-electron chi connectivity index (χ1n) is 6.57. The molecule has 0 atom stereocenters. The molecule has 1 heterocycles. The number of Topliss-reactive ketones (excluding diaryl/α,β-unsaturated/α-hetero) is 1. The minimum absolute atomic E-state index is 0.264. The molecule has 0 aliphatic heterocycles. The Morgan fingerprint density at radius 3 is 2.47 bits per heavy atom. The molecule has 2 rings (SSSR count). The SMILES string of the molecule is Cn1nccc1CCC(=O)C(C)(C)c1ccccc1. The summed E-state index contributed by atoms with van der Waals surface area (Å²) in [6.45, 7) is 3.99. The van der Waals surface area contributed by atoms with Crippen LogP contribution in [0.4, 0.5) is 0 Å². The molecule has 0 unspecified atom stereocenters. The van der Waals surface area contributed by atoms with Gasteiger partial charge in [0.05, 0.1) is 0 Å². The Kier molecular flexibility index (Phi) is 3.84. The second kappa shape index (κ2) is 5.39. The van der Waals surface area contributed by atoms with Gasteiger partial charge < -0.3 is 0 Å². The molecule has 0 bridgehead atoms. The molecule has 1 aromatic heterocycles. The van der Waals surface area contributed by atoms with E-state index in [1.807, 2.05) is 62.0 Å². The van der Waals surface area contributed by atoms with E-state index in [0.29, 0.717) is 6.42 Å².